The SMILES string of the molecule is C[C@@H](C(=O)Nc1ccc(O)c(C(=O)O)c1)N1C(=O)/C(=C/c2cccc(F)c2)SC1=S. The molecule has 10 heteroatoms. The third-order valence-corrected chi connectivity index (χ3v) is 5.56. The normalized spacial score (nSPS) is 16.1. The van der Waals surface area contributed by atoms with Crippen LogP contribution in [0.2, 0.25) is 0 Å². The number of aromatic hydroxyl groups is 1. The van der Waals surface area contributed by atoms with Crippen LogP contribution in [0.15, 0.2) is 47.4 Å². The summed E-state index contributed by atoms with van der Waals surface area (Å²) < 4.78 is 13.5. The van der Waals surface area contributed by atoms with Crippen molar-refractivity contribution in [3.05, 3.63) is 64.3 Å². The van der Waals surface area contributed by atoms with Crippen molar-refractivity contribution in [2.45, 2.75) is 13.0 Å². The van der Waals surface area contributed by atoms with Crippen LogP contribution >= 0.6 is 24.0 Å². The summed E-state index contributed by atoms with van der Waals surface area (Å²) in [5.74, 6) is -3.32. The number of aromatic carboxylic acids is 1. The van der Waals surface area contributed by atoms with Gasteiger partial charge in [-0.2, -0.15) is 0 Å². The first kappa shape index (κ1) is 21.5. The van der Waals surface area contributed by atoms with Crippen molar-refractivity contribution in [2.24, 2.45) is 0 Å². The number of carbonyl (C=O) groups excluding carboxylic acids is 2. The number of halogens is 1. The number of thiocarbonyl (C=S) groups is 1. The van der Waals surface area contributed by atoms with Crippen LogP contribution in [0.4, 0.5) is 10.1 Å². The van der Waals surface area contributed by atoms with Gasteiger partial charge in [0.05, 0.1) is 4.91 Å². The van der Waals surface area contributed by atoms with Gasteiger partial charge < -0.3 is 15.5 Å². The zero-order valence-electron chi connectivity index (χ0n) is 15.5. The number of phenols is 1. The molecule has 1 fully saturated rings. The van der Waals surface area contributed by atoms with E-state index in [0.717, 1.165) is 28.8 Å². The van der Waals surface area contributed by atoms with Crippen LogP contribution < -0.4 is 5.32 Å². The second kappa shape index (κ2) is 8.64. The summed E-state index contributed by atoms with van der Waals surface area (Å²) in [6.45, 7) is 1.48. The molecule has 1 aliphatic heterocycles. The van der Waals surface area contributed by atoms with E-state index in [4.69, 9.17) is 17.3 Å². The van der Waals surface area contributed by atoms with Gasteiger partial charge in [0.2, 0.25) is 5.91 Å². The Hall–Kier alpha value is -3.24. The molecule has 1 atom stereocenters. The van der Waals surface area contributed by atoms with Gasteiger partial charge in [0.25, 0.3) is 5.91 Å². The number of carbonyl (C=O) groups is 3. The topological polar surface area (TPSA) is 107 Å². The summed E-state index contributed by atoms with van der Waals surface area (Å²) in [7, 11) is 0. The third kappa shape index (κ3) is 4.50. The number of hydrogen-bond donors (Lipinski definition) is 3. The molecule has 30 heavy (non-hydrogen) atoms. The second-order valence-electron chi connectivity index (χ2n) is 6.31. The van der Waals surface area contributed by atoms with Crippen molar-refractivity contribution in [1.82, 2.24) is 4.90 Å². The molecule has 2 aromatic rings. The van der Waals surface area contributed by atoms with Crippen LogP contribution in [0, 0.1) is 5.82 Å². The molecule has 2 amide bonds. The summed E-state index contributed by atoms with van der Waals surface area (Å²) >= 11 is 6.23. The van der Waals surface area contributed by atoms with Gasteiger partial charge in [0.15, 0.2) is 0 Å². The van der Waals surface area contributed by atoms with E-state index in [1.54, 1.807) is 6.07 Å². The quantitative estimate of drug-likeness (QED) is 0.367. The Bertz CT molecular complexity index is 1100. The molecule has 2 aromatic carbocycles. The minimum atomic E-state index is -1.35. The average Bonchev–Trinajstić information content (AvgIpc) is 2.95. The van der Waals surface area contributed by atoms with Gasteiger partial charge in [-0.1, -0.05) is 36.1 Å². The summed E-state index contributed by atoms with van der Waals surface area (Å²) in [4.78, 5) is 37.9. The largest absolute Gasteiger partial charge is 0.507 e. The highest BCUT2D eigenvalue weighted by molar-refractivity contribution is 8.26. The standard InChI is InChI=1S/C20H15FN2O5S2/c1-10(17(25)22-13-5-6-15(24)14(9-13)19(27)28)23-18(26)16(30-20(23)29)8-11-3-2-4-12(21)7-11/h2-10,24H,1H3,(H,22,25)(H,27,28)/b16-8-/t10-/m0/s1. The van der Waals surface area contributed by atoms with E-state index in [1.165, 1.54) is 37.3 Å². The van der Waals surface area contributed by atoms with Gasteiger partial charge in [-0.25, -0.2) is 9.18 Å². The molecule has 0 unspecified atom stereocenters. The molecule has 0 saturated carbocycles. The Morgan fingerprint density at radius 1 is 1.27 bits per heavy atom. The minimum absolute atomic E-state index is 0.141. The molecular formula is C20H15FN2O5S2. The lowest BCUT2D eigenvalue weighted by molar-refractivity contribution is -0.129. The van der Waals surface area contributed by atoms with E-state index in [1.807, 2.05) is 0 Å². The van der Waals surface area contributed by atoms with Crippen LogP contribution in [0.25, 0.3) is 6.08 Å². The fourth-order valence-corrected chi connectivity index (χ4v) is 4.13. The Morgan fingerprint density at radius 2 is 2.00 bits per heavy atom. The Kier molecular flexibility index (Phi) is 6.18. The number of carboxylic acid groups (broad SMARTS) is 1. The summed E-state index contributed by atoms with van der Waals surface area (Å²) in [5.41, 5.74) is 0.254. The minimum Gasteiger partial charge on any atom is -0.507 e. The summed E-state index contributed by atoms with van der Waals surface area (Å²) in [6, 6.07) is 8.30. The lowest BCUT2D eigenvalue weighted by atomic mass is 10.1. The van der Waals surface area contributed by atoms with Crippen molar-refractivity contribution in [1.29, 1.82) is 0 Å². The molecule has 0 aromatic heterocycles. The monoisotopic (exact) mass is 446 g/mol. The van der Waals surface area contributed by atoms with Gasteiger partial charge in [-0.15, -0.1) is 0 Å². The van der Waals surface area contributed by atoms with Gasteiger partial charge in [-0.05, 0) is 48.9 Å². The van der Waals surface area contributed by atoms with E-state index >= 15 is 0 Å². The fourth-order valence-electron chi connectivity index (χ4n) is 2.71. The molecule has 3 N–H and O–H groups in total. The van der Waals surface area contributed by atoms with E-state index < -0.39 is 35.4 Å². The van der Waals surface area contributed by atoms with Crippen LogP contribution in [-0.4, -0.2) is 43.3 Å². The van der Waals surface area contributed by atoms with Crippen LogP contribution in [0.1, 0.15) is 22.8 Å². The van der Waals surface area contributed by atoms with E-state index in [2.05, 4.69) is 5.32 Å². The number of carboxylic acids is 1. The highest BCUT2D eigenvalue weighted by Gasteiger charge is 2.38. The number of nitrogens with one attached hydrogen (secondary N) is 1. The third-order valence-electron chi connectivity index (χ3n) is 4.23. The highest BCUT2D eigenvalue weighted by Crippen LogP contribution is 2.34. The number of benzene rings is 2. The van der Waals surface area contributed by atoms with Crippen molar-refractivity contribution in [2.75, 3.05) is 5.32 Å². The smallest absolute Gasteiger partial charge is 0.339 e. The maximum absolute atomic E-state index is 13.4. The average molecular weight is 446 g/mol. The van der Waals surface area contributed by atoms with Crippen molar-refractivity contribution in [3.63, 3.8) is 0 Å². The number of amides is 2. The van der Waals surface area contributed by atoms with Crippen molar-refractivity contribution < 1.29 is 29.0 Å². The Balaban J connectivity index is 1.77. The molecule has 1 saturated heterocycles. The van der Waals surface area contributed by atoms with E-state index in [-0.39, 0.29) is 20.5 Å². The maximum Gasteiger partial charge on any atom is 0.339 e. The molecule has 0 spiro atoms. The molecule has 1 aliphatic rings. The Morgan fingerprint density at radius 3 is 2.67 bits per heavy atom. The lowest BCUT2D eigenvalue weighted by Gasteiger charge is -2.22. The molecule has 1 heterocycles. The first-order chi connectivity index (χ1) is 14.2. The molecule has 0 bridgehead atoms. The van der Waals surface area contributed by atoms with Crippen LogP contribution in [0.3, 0.4) is 0 Å². The van der Waals surface area contributed by atoms with Crippen LogP contribution in [-0.2, 0) is 9.59 Å². The number of anilines is 1. The molecule has 0 radical (unpaired) electrons. The predicted octanol–water partition coefficient (Wildman–Crippen LogP) is 3.46. The lowest BCUT2D eigenvalue weighted by Crippen LogP contribution is -2.44. The van der Waals surface area contributed by atoms with Gasteiger partial charge in [-0.3, -0.25) is 14.5 Å². The second-order valence-corrected chi connectivity index (χ2v) is 7.98. The van der Waals surface area contributed by atoms with Gasteiger partial charge >= 0.3 is 5.97 Å². The number of nitrogens with zero attached hydrogens (tertiary/aromatic N) is 1. The maximum atomic E-state index is 13.4. The Labute approximate surface area is 180 Å². The van der Waals surface area contributed by atoms with Gasteiger partial charge in [0.1, 0.15) is 27.5 Å². The predicted molar refractivity (Wildman–Crippen MR) is 115 cm³/mol. The van der Waals surface area contributed by atoms with Crippen molar-refractivity contribution >= 4 is 57.8 Å². The number of rotatable bonds is 5. The summed E-state index contributed by atoms with van der Waals surface area (Å²) in [6.07, 6.45) is 1.49. The zero-order valence-corrected chi connectivity index (χ0v) is 17.1. The molecule has 7 nitrogen and oxygen atoms in total. The zero-order chi connectivity index (χ0) is 22.0. The van der Waals surface area contributed by atoms with E-state index in [9.17, 15) is 23.9 Å². The molecular weight excluding hydrogens is 431 g/mol. The fraction of sp³-hybridized carbons (Fsp3) is 0.100. The number of thioether (sulfide) groups is 1. The van der Waals surface area contributed by atoms with Crippen molar-refractivity contribution in [3.8, 4) is 5.75 Å². The molecule has 3 rings (SSSR count). The first-order valence-corrected chi connectivity index (χ1v) is 9.79. The molecule has 154 valence electrons. The summed E-state index contributed by atoms with van der Waals surface area (Å²) in [5, 5.41) is 21.1. The molecule has 0 aliphatic carbocycles. The highest BCUT2D eigenvalue weighted by atomic mass is 32.2. The van der Waals surface area contributed by atoms with Crippen LogP contribution in [0.5, 0.6) is 5.75 Å². The number of hydrogen-bond acceptors (Lipinski definition) is 6. The van der Waals surface area contributed by atoms with Gasteiger partial charge in [0, 0.05) is 5.69 Å². The van der Waals surface area contributed by atoms with E-state index in [0.29, 0.717) is 5.56 Å². The first-order valence-electron chi connectivity index (χ1n) is 8.57.